The zero-order valence-corrected chi connectivity index (χ0v) is 15.1. The van der Waals surface area contributed by atoms with E-state index in [1.165, 1.54) is 61.3 Å². The summed E-state index contributed by atoms with van der Waals surface area (Å²) in [4.78, 5) is 0. The molecule has 1 saturated carbocycles. The summed E-state index contributed by atoms with van der Waals surface area (Å²) >= 11 is 0. The highest BCUT2D eigenvalue weighted by Gasteiger charge is 2.48. The molecule has 0 aliphatic heterocycles. The first-order chi connectivity index (χ1) is 11.6. The number of hydrogen-bond acceptors (Lipinski definition) is 0. The Balaban J connectivity index is 1.56. The van der Waals surface area contributed by atoms with E-state index >= 15 is 0 Å². The van der Waals surface area contributed by atoms with Gasteiger partial charge in [-0.25, -0.2) is 0 Å². The standard InChI is InChI=1S/C24H28/c1-16(2)10-19-4-3-5-20-12-21-15-24(9-8-18(21)13-23(19)20)14-17-6-7-22(24)11-17/h3-6,12-13,16,22H,7-11,14-15H2,1-2H3. The molecule has 1 spiro atoms. The van der Waals surface area contributed by atoms with Crippen molar-refractivity contribution in [3.63, 3.8) is 0 Å². The topological polar surface area (TPSA) is 0 Å². The van der Waals surface area contributed by atoms with E-state index in [9.17, 15) is 0 Å². The molecule has 3 aliphatic carbocycles. The number of fused-ring (bicyclic) bond motifs is 5. The molecule has 0 aromatic heterocycles. The molecule has 0 radical (unpaired) electrons. The maximum absolute atomic E-state index is 2.54. The second-order valence-electron chi connectivity index (χ2n) is 9.07. The molecule has 2 aromatic rings. The molecule has 2 bridgehead atoms. The summed E-state index contributed by atoms with van der Waals surface area (Å²) in [7, 11) is 0. The molecule has 2 atom stereocenters. The molecule has 0 amide bonds. The van der Waals surface area contributed by atoms with E-state index in [1.807, 2.05) is 0 Å². The maximum Gasteiger partial charge on any atom is -0.0149 e. The lowest BCUT2D eigenvalue weighted by Gasteiger charge is -2.40. The lowest BCUT2D eigenvalue weighted by molar-refractivity contribution is 0.169. The average Bonchev–Trinajstić information content (AvgIpc) is 3.14. The second-order valence-corrected chi connectivity index (χ2v) is 9.07. The Morgan fingerprint density at radius 2 is 2.04 bits per heavy atom. The molecule has 0 saturated heterocycles. The maximum atomic E-state index is 2.54. The highest BCUT2D eigenvalue weighted by Crippen LogP contribution is 2.58. The number of rotatable bonds is 2. The number of allylic oxidation sites excluding steroid dienone is 2. The third-order valence-electron chi connectivity index (χ3n) is 7.00. The normalized spacial score (nSPS) is 28.0. The average molecular weight is 316 g/mol. The first-order valence-electron chi connectivity index (χ1n) is 9.84. The van der Waals surface area contributed by atoms with Gasteiger partial charge in [0.15, 0.2) is 0 Å². The van der Waals surface area contributed by atoms with E-state index in [0.29, 0.717) is 5.41 Å². The first-order valence-corrected chi connectivity index (χ1v) is 9.84. The van der Waals surface area contributed by atoms with Crippen LogP contribution in [0.2, 0.25) is 0 Å². The first kappa shape index (κ1) is 14.8. The van der Waals surface area contributed by atoms with Crippen molar-refractivity contribution < 1.29 is 0 Å². The minimum Gasteiger partial charge on any atom is -0.0850 e. The molecular weight excluding hydrogens is 288 g/mol. The van der Waals surface area contributed by atoms with Gasteiger partial charge in [-0.3, -0.25) is 0 Å². The van der Waals surface area contributed by atoms with Gasteiger partial charge >= 0.3 is 0 Å². The van der Waals surface area contributed by atoms with Gasteiger partial charge in [-0.05, 0) is 89.7 Å². The quantitative estimate of drug-likeness (QED) is 0.574. The highest BCUT2D eigenvalue weighted by atomic mass is 14.5. The Morgan fingerprint density at radius 1 is 1.12 bits per heavy atom. The van der Waals surface area contributed by atoms with Crippen molar-refractivity contribution in [2.75, 3.05) is 0 Å². The second kappa shape index (κ2) is 5.22. The number of benzene rings is 2. The van der Waals surface area contributed by atoms with E-state index in [4.69, 9.17) is 0 Å². The fraction of sp³-hybridized carbons (Fsp3) is 0.500. The lowest BCUT2D eigenvalue weighted by Crippen LogP contribution is -2.33. The van der Waals surface area contributed by atoms with Crippen molar-refractivity contribution in [2.45, 2.75) is 58.8 Å². The van der Waals surface area contributed by atoms with Crippen LogP contribution in [0, 0.1) is 17.3 Å². The molecule has 124 valence electrons. The van der Waals surface area contributed by atoms with Gasteiger partial charge in [0, 0.05) is 0 Å². The van der Waals surface area contributed by atoms with Crippen LogP contribution in [0.15, 0.2) is 42.0 Å². The van der Waals surface area contributed by atoms with Crippen molar-refractivity contribution in [3.8, 4) is 0 Å². The van der Waals surface area contributed by atoms with E-state index in [1.54, 1.807) is 16.7 Å². The number of hydrogen-bond donors (Lipinski definition) is 0. The Bertz CT molecular complexity index is 838. The van der Waals surface area contributed by atoms with Crippen LogP contribution in [0.3, 0.4) is 0 Å². The van der Waals surface area contributed by atoms with Crippen LogP contribution in [0.5, 0.6) is 0 Å². The largest absolute Gasteiger partial charge is 0.0850 e. The summed E-state index contributed by atoms with van der Waals surface area (Å²) in [5.74, 6) is 1.67. The van der Waals surface area contributed by atoms with Gasteiger partial charge in [0.25, 0.3) is 0 Å². The Morgan fingerprint density at radius 3 is 2.79 bits per heavy atom. The molecule has 5 rings (SSSR count). The fourth-order valence-corrected chi connectivity index (χ4v) is 5.85. The summed E-state index contributed by atoms with van der Waals surface area (Å²) in [6.45, 7) is 4.65. The minimum atomic E-state index is 0.611. The molecule has 0 heterocycles. The summed E-state index contributed by atoms with van der Waals surface area (Å²) < 4.78 is 0. The zero-order valence-electron chi connectivity index (χ0n) is 15.1. The lowest BCUT2D eigenvalue weighted by atomic mass is 9.64. The molecule has 1 fully saturated rings. The van der Waals surface area contributed by atoms with Crippen LogP contribution in [0.4, 0.5) is 0 Å². The monoisotopic (exact) mass is 316 g/mol. The van der Waals surface area contributed by atoms with E-state index in [-0.39, 0.29) is 0 Å². The summed E-state index contributed by atoms with van der Waals surface area (Å²) in [5.41, 5.74) is 7.21. The molecule has 2 unspecified atom stereocenters. The van der Waals surface area contributed by atoms with E-state index in [2.05, 4.69) is 50.3 Å². The van der Waals surface area contributed by atoms with Crippen molar-refractivity contribution in [2.24, 2.45) is 17.3 Å². The van der Waals surface area contributed by atoms with Gasteiger partial charge in [-0.2, -0.15) is 0 Å². The predicted octanol–water partition coefficient (Wildman–Crippen LogP) is 6.25. The molecular formula is C24H28. The Kier molecular flexibility index (Phi) is 3.21. The van der Waals surface area contributed by atoms with Crippen molar-refractivity contribution in [3.05, 3.63) is 58.7 Å². The fourth-order valence-electron chi connectivity index (χ4n) is 5.85. The SMILES string of the molecule is CC(C)Cc1cccc2cc3c(cc12)CCC1(CC2=CCC1C2)C3. The molecule has 24 heavy (non-hydrogen) atoms. The summed E-state index contributed by atoms with van der Waals surface area (Å²) in [5, 5.41) is 2.97. The molecule has 0 heteroatoms. The van der Waals surface area contributed by atoms with Gasteiger partial charge in [0.1, 0.15) is 0 Å². The van der Waals surface area contributed by atoms with Crippen molar-refractivity contribution in [1.29, 1.82) is 0 Å². The van der Waals surface area contributed by atoms with Crippen LogP contribution in [0.25, 0.3) is 10.8 Å². The van der Waals surface area contributed by atoms with Crippen molar-refractivity contribution >= 4 is 10.8 Å². The van der Waals surface area contributed by atoms with Crippen LogP contribution >= 0.6 is 0 Å². The molecule has 2 aromatic carbocycles. The highest BCUT2D eigenvalue weighted by molar-refractivity contribution is 5.87. The van der Waals surface area contributed by atoms with Gasteiger partial charge in [0.05, 0.1) is 0 Å². The summed E-state index contributed by atoms with van der Waals surface area (Å²) in [6.07, 6.45) is 11.9. The number of aryl methyl sites for hydroxylation is 1. The summed E-state index contributed by atoms with van der Waals surface area (Å²) in [6, 6.07) is 12.0. The van der Waals surface area contributed by atoms with E-state index in [0.717, 1.165) is 11.8 Å². The van der Waals surface area contributed by atoms with E-state index < -0.39 is 0 Å². The molecule has 0 N–H and O–H groups in total. The van der Waals surface area contributed by atoms with Crippen LogP contribution in [-0.2, 0) is 19.3 Å². The van der Waals surface area contributed by atoms with Crippen LogP contribution in [-0.4, -0.2) is 0 Å². The van der Waals surface area contributed by atoms with Crippen LogP contribution < -0.4 is 0 Å². The minimum absolute atomic E-state index is 0.611. The molecule has 0 nitrogen and oxygen atoms in total. The zero-order chi connectivity index (χ0) is 16.3. The smallest absolute Gasteiger partial charge is 0.0149 e. The predicted molar refractivity (Wildman–Crippen MR) is 102 cm³/mol. The Hall–Kier alpha value is -1.56. The van der Waals surface area contributed by atoms with Gasteiger partial charge in [-0.1, -0.05) is 55.8 Å². The Labute approximate surface area is 146 Å². The van der Waals surface area contributed by atoms with Gasteiger partial charge < -0.3 is 0 Å². The third kappa shape index (κ3) is 2.19. The van der Waals surface area contributed by atoms with Gasteiger partial charge in [0.2, 0.25) is 0 Å². The van der Waals surface area contributed by atoms with Gasteiger partial charge in [-0.15, -0.1) is 0 Å². The van der Waals surface area contributed by atoms with Crippen molar-refractivity contribution in [1.82, 2.24) is 0 Å². The third-order valence-corrected chi connectivity index (χ3v) is 7.00. The van der Waals surface area contributed by atoms with Crippen LogP contribution in [0.1, 0.15) is 56.2 Å². The molecule has 3 aliphatic rings.